The number of nitrogens with one attached hydrogen (secondary N) is 1. The summed E-state index contributed by atoms with van der Waals surface area (Å²) in [5, 5.41) is 25.1. The zero-order chi connectivity index (χ0) is 14.5. The van der Waals surface area contributed by atoms with Gasteiger partial charge in [0.2, 0.25) is 0 Å². The van der Waals surface area contributed by atoms with Crippen LogP contribution in [0.3, 0.4) is 0 Å². The maximum atomic E-state index is 10.8. The summed E-state index contributed by atoms with van der Waals surface area (Å²) in [5.74, 6) is 0. The van der Waals surface area contributed by atoms with Gasteiger partial charge in [-0.15, -0.1) is 0 Å². The van der Waals surface area contributed by atoms with E-state index < -0.39 is 9.85 Å². The molecule has 8 nitrogen and oxygen atoms in total. The second-order valence-corrected chi connectivity index (χ2v) is 4.67. The molecule has 0 unspecified atom stereocenters. The predicted molar refractivity (Wildman–Crippen MR) is 75.3 cm³/mol. The fourth-order valence-corrected chi connectivity index (χ4v) is 2.10. The molecular weight excluding hydrogens is 284 g/mol. The second-order valence-electron chi connectivity index (χ2n) is 3.58. The Morgan fingerprint density at radius 3 is 2.50 bits per heavy atom. The average Bonchev–Trinajstić information content (AvgIpc) is 2.88. The number of thiophene rings is 1. The van der Waals surface area contributed by atoms with Gasteiger partial charge in [-0.25, -0.2) is 0 Å². The molecule has 102 valence electrons. The SMILES string of the molecule is O=[N+]([O-])c1ccc(/C=N\Nc2ccccc2[N+](=O)[O-])s1. The van der Waals surface area contributed by atoms with Gasteiger partial charge in [-0.1, -0.05) is 23.5 Å². The Balaban J connectivity index is 2.10. The highest BCUT2D eigenvalue weighted by molar-refractivity contribution is 7.16. The van der Waals surface area contributed by atoms with Crippen LogP contribution in [0.25, 0.3) is 0 Å². The molecule has 0 bridgehead atoms. The first kappa shape index (κ1) is 13.6. The molecule has 0 saturated carbocycles. The van der Waals surface area contributed by atoms with E-state index in [0.717, 1.165) is 11.3 Å². The lowest BCUT2D eigenvalue weighted by Crippen LogP contribution is -1.96. The topological polar surface area (TPSA) is 111 Å². The summed E-state index contributed by atoms with van der Waals surface area (Å²) in [6.07, 6.45) is 1.37. The van der Waals surface area contributed by atoms with Gasteiger partial charge in [0.1, 0.15) is 5.69 Å². The molecule has 0 atom stereocenters. The summed E-state index contributed by atoms with van der Waals surface area (Å²) >= 11 is 0.964. The average molecular weight is 292 g/mol. The van der Waals surface area contributed by atoms with E-state index in [9.17, 15) is 20.2 Å². The molecule has 0 spiro atoms. The van der Waals surface area contributed by atoms with Crippen LogP contribution < -0.4 is 5.43 Å². The third-order valence-electron chi connectivity index (χ3n) is 2.27. The van der Waals surface area contributed by atoms with E-state index in [1.165, 1.54) is 24.4 Å². The minimum absolute atomic E-state index is 0.0112. The highest BCUT2D eigenvalue weighted by Gasteiger charge is 2.11. The van der Waals surface area contributed by atoms with Gasteiger partial charge in [-0.05, 0) is 12.1 Å². The first-order chi connectivity index (χ1) is 9.58. The van der Waals surface area contributed by atoms with E-state index in [4.69, 9.17) is 0 Å². The van der Waals surface area contributed by atoms with Gasteiger partial charge >= 0.3 is 5.00 Å². The molecule has 0 amide bonds. The first-order valence-corrected chi connectivity index (χ1v) is 6.16. The molecule has 1 aromatic heterocycles. The van der Waals surface area contributed by atoms with Crippen LogP contribution in [-0.2, 0) is 0 Å². The highest BCUT2D eigenvalue weighted by atomic mass is 32.1. The summed E-state index contributed by atoms with van der Waals surface area (Å²) in [6, 6.07) is 8.99. The van der Waals surface area contributed by atoms with Gasteiger partial charge in [0.05, 0.1) is 20.9 Å². The van der Waals surface area contributed by atoms with Crippen LogP contribution in [0.1, 0.15) is 4.88 Å². The quantitative estimate of drug-likeness (QED) is 0.517. The van der Waals surface area contributed by atoms with Crippen molar-refractivity contribution < 1.29 is 9.85 Å². The zero-order valence-electron chi connectivity index (χ0n) is 9.92. The standard InChI is InChI=1S/C11H8N4O4S/c16-14(17)10-4-2-1-3-9(10)13-12-7-8-5-6-11(20-8)15(18)19/h1-7,13H/b12-7-. The molecule has 0 saturated heterocycles. The van der Waals surface area contributed by atoms with Gasteiger partial charge in [0.15, 0.2) is 0 Å². The van der Waals surface area contributed by atoms with Gasteiger partial charge in [0.25, 0.3) is 5.69 Å². The molecule has 0 fully saturated rings. The maximum absolute atomic E-state index is 10.8. The van der Waals surface area contributed by atoms with Crippen LogP contribution in [0.5, 0.6) is 0 Å². The van der Waals surface area contributed by atoms with E-state index in [0.29, 0.717) is 4.88 Å². The first-order valence-electron chi connectivity index (χ1n) is 5.34. The van der Waals surface area contributed by atoms with Gasteiger partial charge in [-0.3, -0.25) is 25.7 Å². The number of para-hydroxylation sites is 2. The van der Waals surface area contributed by atoms with Crippen molar-refractivity contribution >= 4 is 33.9 Å². The number of hydrogen-bond acceptors (Lipinski definition) is 7. The van der Waals surface area contributed by atoms with Gasteiger partial charge in [-0.2, -0.15) is 5.10 Å². The minimum Gasteiger partial charge on any atom is -0.272 e. The van der Waals surface area contributed by atoms with Crippen molar-refractivity contribution in [2.45, 2.75) is 0 Å². The number of nitrogens with zero attached hydrogens (tertiary/aromatic N) is 3. The molecule has 2 rings (SSSR count). The number of hydrazone groups is 1. The van der Waals surface area contributed by atoms with E-state index in [1.54, 1.807) is 18.2 Å². The molecule has 1 heterocycles. The number of rotatable bonds is 5. The molecule has 0 aliphatic heterocycles. The second kappa shape index (κ2) is 5.89. The predicted octanol–water partition coefficient (Wildman–Crippen LogP) is 3.01. The van der Waals surface area contributed by atoms with Crippen LogP contribution >= 0.6 is 11.3 Å². The van der Waals surface area contributed by atoms with Gasteiger partial charge in [0, 0.05) is 12.1 Å². The Morgan fingerprint density at radius 1 is 1.10 bits per heavy atom. The number of nitro benzene ring substituents is 1. The van der Waals surface area contributed by atoms with Crippen LogP contribution in [0.15, 0.2) is 41.5 Å². The highest BCUT2D eigenvalue weighted by Crippen LogP contribution is 2.24. The van der Waals surface area contributed by atoms with E-state index in [2.05, 4.69) is 10.5 Å². The summed E-state index contributed by atoms with van der Waals surface area (Å²) in [5.41, 5.74) is 2.70. The minimum atomic E-state index is -0.520. The molecule has 20 heavy (non-hydrogen) atoms. The van der Waals surface area contributed by atoms with Gasteiger partial charge < -0.3 is 0 Å². The third-order valence-corrected chi connectivity index (χ3v) is 3.24. The molecule has 9 heteroatoms. The van der Waals surface area contributed by atoms with E-state index in [1.807, 2.05) is 0 Å². The Hall–Kier alpha value is -2.81. The Morgan fingerprint density at radius 2 is 1.85 bits per heavy atom. The van der Waals surface area contributed by atoms with Crippen molar-refractivity contribution in [3.8, 4) is 0 Å². The maximum Gasteiger partial charge on any atom is 0.324 e. The molecular formula is C11H8N4O4S. The lowest BCUT2D eigenvalue weighted by Gasteiger charge is -2.00. The van der Waals surface area contributed by atoms with Crippen molar-refractivity contribution in [3.05, 3.63) is 61.5 Å². The number of nitro groups is 2. The number of benzene rings is 1. The van der Waals surface area contributed by atoms with Crippen LogP contribution in [0.4, 0.5) is 16.4 Å². The van der Waals surface area contributed by atoms with Crippen molar-refractivity contribution in [2.24, 2.45) is 5.10 Å². The molecule has 0 aliphatic carbocycles. The lowest BCUT2D eigenvalue weighted by atomic mass is 10.3. The molecule has 0 radical (unpaired) electrons. The molecule has 1 aromatic carbocycles. The number of anilines is 1. The van der Waals surface area contributed by atoms with Crippen LogP contribution in [-0.4, -0.2) is 16.1 Å². The fraction of sp³-hybridized carbons (Fsp3) is 0. The molecule has 1 N–H and O–H groups in total. The Bertz CT molecular complexity index is 683. The molecule has 2 aromatic rings. The zero-order valence-corrected chi connectivity index (χ0v) is 10.7. The van der Waals surface area contributed by atoms with E-state index in [-0.39, 0.29) is 16.4 Å². The summed E-state index contributed by atoms with van der Waals surface area (Å²) in [7, 11) is 0. The van der Waals surface area contributed by atoms with Crippen molar-refractivity contribution in [2.75, 3.05) is 5.43 Å². The smallest absolute Gasteiger partial charge is 0.272 e. The molecule has 0 aliphatic rings. The summed E-state index contributed by atoms with van der Waals surface area (Å²) in [6.45, 7) is 0. The largest absolute Gasteiger partial charge is 0.324 e. The van der Waals surface area contributed by atoms with Crippen molar-refractivity contribution in [1.29, 1.82) is 0 Å². The summed E-state index contributed by atoms with van der Waals surface area (Å²) in [4.78, 5) is 20.8. The van der Waals surface area contributed by atoms with Crippen LogP contribution in [0, 0.1) is 20.2 Å². The normalized spacial score (nSPS) is 10.6. The van der Waals surface area contributed by atoms with Crippen molar-refractivity contribution in [1.82, 2.24) is 0 Å². The fourth-order valence-electron chi connectivity index (χ4n) is 1.40. The van der Waals surface area contributed by atoms with E-state index >= 15 is 0 Å². The monoisotopic (exact) mass is 292 g/mol. The number of hydrogen-bond donors (Lipinski definition) is 1. The Kier molecular flexibility index (Phi) is 4.01. The lowest BCUT2D eigenvalue weighted by molar-refractivity contribution is -0.384. The van der Waals surface area contributed by atoms with Crippen molar-refractivity contribution in [3.63, 3.8) is 0 Å². The third kappa shape index (κ3) is 3.14. The van der Waals surface area contributed by atoms with Crippen LogP contribution in [0.2, 0.25) is 0 Å². The Labute approximate surface area is 116 Å². The summed E-state index contributed by atoms with van der Waals surface area (Å²) < 4.78 is 0.